The molecule has 3 nitrogen and oxygen atoms in total. The molecule has 1 aromatic rings. The summed E-state index contributed by atoms with van der Waals surface area (Å²) in [5.41, 5.74) is 5.69. The fraction of sp³-hybridized carbons (Fsp3) is 0.125. The van der Waals surface area contributed by atoms with Crippen LogP contribution < -0.4 is 10.5 Å². The highest BCUT2D eigenvalue weighted by Gasteiger charge is 2.14. The largest absolute Gasteiger partial charge is 0.496 e. The Hall–Kier alpha value is -0.0500. The van der Waals surface area contributed by atoms with Gasteiger partial charge in [-0.05, 0) is 57.3 Å². The van der Waals surface area contributed by atoms with Crippen molar-refractivity contribution in [1.29, 1.82) is 0 Å². The predicted octanol–water partition coefficient (Wildman–Crippen LogP) is 2.00. The topological polar surface area (TPSA) is 52.3 Å². The molecule has 0 aliphatic rings. The number of amides is 1. The van der Waals surface area contributed by atoms with Crippen molar-refractivity contribution in [3.63, 3.8) is 0 Å². The van der Waals surface area contributed by atoms with Gasteiger partial charge in [-0.2, -0.15) is 0 Å². The number of nitrogens with two attached hydrogens (primary N) is 1. The molecule has 0 unspecified atom stereocenters. The van der Waals surface area contributed by atoms with E-state index in [9.17, 15) is 4.79 Å². The second-order valence-corrected chi connectivity index (χ2v) is 4.54. The van der Waals surface area contributed by atoms with Crippen molar-refractivity contribution in [2.24, 2.45) is 5.73 Å². The Morgan fingerprint density at radius 3 is 2.54 bits per heavy atom. The standard InChI is InChI=1S/C8H7I2NO2/c1-13-5-3-2-4(9)7(10)6(5)8(11)12/h2-3H,1H3,(H2,11,12). The first-order valence-electron chi connectivity index (χ1n) is 3.39. The summed E-state index contributed by atoms with van der Waals surface area (Å²) in [6.45, 7) is 0. The maximum atomic E-state index is 11.1. The van der Waals surface area contributed by atoms with Crippen LogP contribution in [0.25, 0.3) is 0 Å². The van der Waals surface area contributed by atoms with E-state index < -0.39 is 5.91 Å². The van der Waals surface area contributed by atoms with Gasteiger partial charge in [-0.3, -0.25) is 4.79 Å². The van der Waals surface area contributed by atoms with Gasteiger partial charge in [0.15, 0.2) is 0 Å². The van der Waals surface area contributed by atoms with E-state index in [0.29, 0.717) is 11.3 Å². The molecule has 5 heteroatoms. The maximum Gasteiger partial charge on any atom is 0.253 e. The number of hydrogen-bond acceptors (Lipinski definition) is 2. The Morgan fingerprint density at radius 2 is 2.08 bits per heavy atom. The van der Waals surface area contributed by atoms with Crippen molar-refractivity contribution in [2.75, 3.05) is 7.11 Å². The first-order valence-corrected chi connectivity index (χ1v) is 5.55. The van der Waals surface area contributed by atoms with Crippen LogP contribution in [0.4, 0.5) is 0 Å². The molecule has 0 spiro atoms. The molecule has 1 rings (SSSR count). The Morgan fingerprint density at radius 1 is 1.46 bits per heavy atom. The average Bonchev–Trinajstić information content (AvgIpc) is 2.08. The summed E-state index contributed by atoms with van der Waals surface area (Å²) in [6.07, 6.45) is 0. The molecular formula is C8H7I2NO2. The Bertz CT molecular complexity index is 352. The SMILES string of the molecule is COc1ccc(I)c(I)c1C(N)=O. The predicted molar refractivity (Wildman–Crippen MR) is 66.9 cm³/mol. The third-order valence-electron chi connectivity index (χ3n) is 1.52. The number of primary amides is 1. The Balaban J connectivity index is 3.41. The average molecular weight is 403 g/mol. The molecule has 0 radical (unpaired) electrons. The lowest BCUT2D eigenvalue weighted by molar-refractivity contribution is 0.0996. The van der Waals surface area contributed by atoms with Crippen LogP contribution in [0.5, 0.6) is 5.75 Å². The molecule has 0 fully saturated rings. The minimum atomic E-state index is -0.459. The van der Waals surface area contributed by atoms with Crippen LogP contribution in [-0.4, -0.2) is 13.0 Å². The summed E-state index contributed by atoms with van der Waals surface area (Å²) >= 11 is 4.23. The van der Waals surface area contributed by atoms with Crippen LogP contribution in [0, 0.1) is 7.14 Å². The lowest BCUT2D eigenvalue weighted by Gasteiger charge is -2.08. The van der Waals surface area contributed by atoms with Gasteiger partial charge >= 0.3 is 0 Å². The smallest absolute Gasteiger partial charge is 0.253 e. The van der Waals surface area contributed by atoms with Gasteiger partial charge in [0.1, 0.15) is 5.75 Å². The third kappa shape index (κ3) is 2.25. The molecule has 0 aliphatic carbocycles. The Labute approximate surface area is 103 Å². The first-order chi connectivity index (χ1) is 6.07. The second-order valence-electron chi connectivity index (χ2n) is 2.30. The number of benzene rings is 1. The highest BCUT2D eigenvalue weighted by atomic mass is 127. The highest BCUT2D eigenvalue weighted by molar-refractivity contribution is 14.1. The van der Waals surface area contributed by atoms with Crippen molar-refractivity contribution in [3.8, 4) is 5.75 Å². The monoisotopic (exact) mass is 403 g/mol. The molecule has 0 bridgehead atoms. The molecule has 0 saturated heterocycles. The Kier molecular flexibility index (Phi) is 3.77. The quantitative estimate of drug-likeness (QED) is 0.769. The summed E-state index contributed by atoms with van der Waals surface area (Å²) in [5, 5.41) is 0. The summed E-state index contributed by atoms with van der Waals surface area (Å²) in [7, 11) is 1.52. The van der Waals surface area contributed by atoms with Crippen molar-refractivity contribution >= 4 is 51.1 Å². The van der Waals surface area contributed by atoms with Gasteiger partial charge in [-0.25, -0.2) is 0 Å². The first kappa shape index (κ1) is 11.0. The van der Waals surface area contributed by atoms with Crippen molar-refractivity contribution in [2.45, 2.75) is 0 Å². The molecular weight excluding hydrogens is 396 g/mol. The van der Waals surface area contributed by atoms with Gasteiger partial charge in [0.25, 0.3) is 5.91 Å². The van der Waals surface area contributed by atoms with E-state index in [0.717, 1.165) is 7.14 Å². The van der Waals surface area contributed by atoms with E-state index in [4.69, 9.17) is 10.5 Å². The van der Waals surface area contributed by atoms with Crippen molar-refractivity contribution in [3.05, 3.63) is 24.8 Å². The third-order valence-corrected chi connectivity index (χ3v) is 4.57. The van der Waals surface area contributed by atoms with Crippen molar-refractivity contribution < 1.29 is 9.53 Å². The van der Waals surface area contributed by atoms with Crippen LogP contribution in [0.15, 0.2) is 12.1 Å². The van der Waals surface area contributed by atoms with E-state index in [1.54, 1.807) is 6.07 Å². The number of methoxy groups -OCH3 is 1. The number of halogens is 2. The van der Waals surface area contributed by atoms with Crippen molar-refractivity contribution in [1.82, 2.24) is 0 Å². The number of ether oxygens (including phenoxy) is 1. The van der Waals surface area contributed by atoms with E-state index in [1.807, 2.05) is 6.07 Å². The second kappa shape index (κ2) is 4.45. The number of carbonyl (C=O) groups excluding carboxylic acids is 1. The zero-order valence-electron chi connectivity index (χ0n) is 6.80. The molecule has 70 valence electrons. The van der Waals surface area contributed by atoms with Gasteiger partial charge in [-0.15, -0.1) is 0 Å². The fourth-order valence-corrected chi connectivity index (χ4v) is 2.09. The van der Waals surface area contributed by atoms with Crippen LogP contribution in [0.3, 0.4) is 0 Å². The lowest BCUT2D eigenvalue weighted by atomic mass is 10.2. The van der Waals surface area contributed by atoms with E-state index in [-0.39, 0.29) is 0 Å². The zero-order valence-corrected chi connectivity index (χ0v) is 11.1. The summed E-state index contributed by atoms with van der Waals surface area (Å²) in [6, 6.07) is 3.62. The van der Waals surface area contributed by atoms with Crippen LogP contribution in [0.2, 0.25) is 0 Å². The lowest BCUT2D eigenvalue weighted by Crippen LogP contribution is -2.15. The minimum absolute atomic E-state index is 0.454. The van der Waals surface area contributed by atoms with Gasteiger partial charge in [0.05, 0.1) is 12.7 Å². The van der Waals surface area contributed by atoms with Gasteiger partial charge in [0, 0.05) is 7.14 Å². The molecule has 0 aromatic heterocycles. The highest BCUT2D eigenvalue weighted by Crippen LogP contribution is 2.27. The zero-order chi connectivity index (χ0) is 10.0. The fourth-order valence-electron chi connectivity index (χ4n) is 0.933. The van der Waals surface area contributed by atoms with E-state index >= 15 is 0 Å². The molecule has 0 saturated carbocycles. The van der Waals surface area contributed by atoms with Crippen LogP contribution in [-0.2, 0) is 0 Å². The normalized spacial score (nSPS) is 9.77. The summed E-state index contributed by atoms with van der Waals surface area (Å²) < 4.78 is 6.86. The summed E-state index contributed by atoms with van der Waals surface area (Å²) in [4.78, 5) is 11.1. The van der Waals surface area contributed by atoms with E-state index in [1.165, 1.54) is 7.11 Å². The molecule has 0 atom stereocenters. The molecule has 2 N–H and O–H groups in total. The van der Waals surface area contributed by atoms with Crippen LogP contribution in [0.1, 0.15) is 10.4 Å². The maximum absolute atomic E-state index is 11.1. The minimum Gasteiger partial charge on any atom is -0.496 e. The number of hydrogen-bond donors (Lipinski definition) is 1. The van der Waals surface area contributed by atoms with Gasteiger partial charge in [0.2, 0.25) is 0 Å². The number of carbonyl (C=O) groups is 1. The molecule has 1 amide bonds. The van der Waals surface area contributed by atoms with Gasteiger partial charge in [-0.1, -0.05) is 0 Å². The molecule has 0 heterocycles. The summed E-state index contributed by atoms with van der Waals surface area (Å²) in [5.74, 6) is 0.0667. The van der Waals surface area contributed by atoms with E-state index in [2.05, 4.69) is 45.2 Å². The van der Waals surface area contributed by atoms with Gasteiger partial charge < -0.3 is 10.5 Å². The van der Waals surface area contributed by atoms with Crippen LogP contribution >= 0.6 is 45.2 Å². The number of rotatable bonds is 2. The molecule has 13 heavy (non-hydrogen) atoms. The molecule has 0 aliphatic heterocycles. The molecule has 1 aromatic carbocycles.